The third-order valence-corrected chi connectivity index (χ3v) is 5.95. The molecule has 1 aliphatic heterocycles. The van der Waals surface area contributed by atoms with E-state index < -0.39 is 10.6 Å². The van der Waals surface area contributed by atoms with Gasteiger partial charge in [0.1, 0.15) is 11.4 Å². The third kappa shape index (κ3) is 4.66. The predicted octanol–water partition coefficient (Wildman–Crippen LogP) is 1.89. The zero-order valence-corrected chi connectivity index (χ0v) is 20.4. The van der Waals surface area contributed by atoms with Crippen LogP contribution in [0.3, 0.4) is 0 Å². The number of nitro groups is 1. The quantitative estimate of drug-likeness (QED) is 0.308. The molecule has 12 nitrogen and oxygen atoms in total. The van der Waals surface area contributed by atoms with E-state index in [-0.39, 0.29) is 11.6 Å². The van der Waals surface area contributed by atoms with Crippen molar-refractivity contribution in [2.45, 2.75) is 12.1 Å². The van der Waals surface area contributed by atoms with E-state index in [1.165, 1.54) is 13.2 Å². The number of methoxy groups -OCH3 is 1. The molecule has 4 rings (SSSR count). The van der Waals surface area contributed by atoms with Crippen LogP contribution in [0.4, 0.5) is 5.95 Å². The topological polar surface area (TPSA) is 135 Å². The van der Waals surface area contributed by atoms with Crippen molar-refractivity contribution in [2.24, 2.45) is 7.05 Å². The summed E-state index contributed by atoms with van der Waals surface area (Å²) in [5.41, 5.74) is 1.51. The molecule has 0 spiro atoms. The van der Waals surface area contributed by atoms with Gasteiger partial charge in [-0.1, -0.05) is 18.2 Å². The number of anilines is 1. The number of aromatic nitrogens is 4. The van der Waals surface area contributed by atoms with Crippen molar-refractivity contribution in [3.63, 3.8) is 0 Å². The Morgan fingerprint density at radius 2 is 2.06 bits per heavy atom. The first-order chi connectivity index (χ1) is 16.8. The van der Waals surface area contributed by atoms with E-state index >= 15 is 0 Å². The van der Waals surface area contributed by atoms with Crippen LogP contribution in [0.15, 0.2) is 59.9 Å². The van der Waals surface area contributed by atoms with Gasteiger partial charge in [-0.3, -0.25) is 20.1 Å². The first kappa shape index (κ1) is 24.1. The van der Waals surface area contributed by atoms with Crippen LogP contribution in [0, 0.1) is 10.1 Å². The molecule has 1 aliphatic rings. The average Bonchev–Trinajstić information content (AvgIpc) is 3.19. The fraction of sp³-hybridized carbons (Fsp3) is 0.348. The molecule has 1 unspecified atom stereocenters. The number of hydrogen-bond acceptors (Lipinski definition) is 10. The van der Waals surface area contributed by atoms with Crippen LogP contribution < -0.4 is 16.0 Å². The highest BCUT2D eigenvalue weighted by molar-refractivity contribution is 5.92. The van der Waals surface area contributed by atoms with Gasteiger partial charge in [0.25, 0.3) is 5.70 Å². The molecule has 0 saturated carbocycles. The summed E-state index contributed by atoms with van der Waals surface area (Å²) in [4.78, 5) is 22.5. The lowest BCUT2D eigenvalue weighted by molar-refractivity contribution is -0.438. The molecular formula is C23H29N9O3. The minimum Gasteiger partial charge on any atom is -0.481 e. The predicted molar refractivity (Wildman–Crippen MR) is 133 cm³/mol. The Morgan fingerprint density at radius 3 is 2.74 bits per heavy atom. The van der Waals surface area contributed by atoms with Gasteiger partial charge in [-0.15, -0.1) is 0 Å². The van der Waals surface area contributed by atoms with Gasteiger partial charge >= 0.3 is 0 Å². The normalized spacial score (nSPS) is 17.9. The maximum Gasteiger partial charge on any atom is 0.288 e. The van der Waals surface area contributed by atoms with Crippen LogP contribution >= 0.6 is 0 Å². The molecule has 0 amide bonds. The molecule has 0 aliphatic carbocycles. The van der Waals surface area contributed by atoms with Crippen LogP contribution in [-0.4, -0.2) is 70.0 Å². The molecule has 3 aromatic rings. The number of para-hydroxylation sites is 1. The zero-order chi connectivity index (χ0) is 25.2. The van der Waals surface area contributed by atoms with Gasteiger partial charge in [0.15, 0.2) is 5.66 Å². The van der Waals surface area contributed by atoms with Crippen molar-refractivity contribution < 1.29 is 9.66 Å². The Hall–Kier alpha value is -4.03. The second kappa shape index (κ2) is 9.68. The third-order valence-electron chi connectivity index (χ3n) is 5.95. The fourth-order valence-electron chi connectivity index (χ4n) is 4.08. The Kier molecular flexibility index (Phi) is 6.67. The number of hydrogen-bond donors (Lipinski definition) is 3. The summed E-state index contributed by atoms with van der Waals surface area (Å²) in [6.45, 7) is 0.613. The maximum atomic E-state index is 12.0. The van der Waals surface area contributed by atoms with Crippen molar-refractivity contribution >= 4 is 16.9 Å². The second-order valence-electron chi connectivity index (χ2n) is 8.45. The minimum atomic E-state index is -1.11. The van der Waals surface area contributed by atoms with E-state index in [4.69, 9.17) is 4.74 Å². The number of dihydropyridines is 1. The summed E-state index contributed by atoms with van der Waals surface area (Å²) < 4.78 is 7.36. The maximum absolute atomic E-state index is 12.0. The van der Waals surface area contributed by atoms with Crippen molar-refractivity contribution in [1.29, 1.82) is 0 Å². The fourth-order valence-corrected chi connectivity index (χ4v) is 4.08. The van der Waals surface area contributed by atoms with Gasteiger partial charge in [0.2, 0.25) is 11.8 Å². The van der Waals surface area contributed by atoms with E-state index in [1.54, 1.807) is 24.0 Å². The first-order valence-electron chi connectivity index (χ1n) is 11.1. The lowest BCUT2D eigenvalue weighted by Gasteiger charge is -2.36. The second-order valence-corrected chi connectivity index (χ2v) is 8.45. The highest BCUT2D eigenvalue weighted by atomic mass is 16.6. The Morgan fingerprint density at radius 1 is 1.29 bits per heavy atom. The number of nitrogens with zero attached hydrogens (tertiary/aromatic N) is 6. The number of nitrogens with one attached hydrogen (secondary N) is 3. The summed E-state index contributed by atoms with van der Waals surface area (Å²) in [7, 11) is 8.88. The summed E-state index contributed by atoms with van der Waals surface area (Å²) in [5, 5.41) is 26.9. The summed E-state index contributed by atoms with van der Waals surface area (Å²) >= 11 is 0. The molecular weight excluding hydrogens is 450 g/mol. The average molecular weight is 480 g/mol. The Bertz CT molecular complexity index is 1310. The Balaban J connectivity index is 1.70. The summed E-state index contributed by atoms with van der Waals surface area (Å²) in [6.07, 6.45) is 3.50. The molecule has 12 heteroatoms. The minimum absolute atomic E-state index is 0.0444. The molecule has 1 atom stereocenters. The number of benzene rings is 1. The van der Waals surface area contributed by atoms with Gasteiger partial charge < -0.3 is 20.3 Å². The highest BCUT2D eigenvalue weighted by Gasteiger charge is 2.45. The van der Waals surface area contributed by atoms with Gasteiger partial charge in [-0.05, 0) is 33.3 Å². The molecule has 0 bridgehead atoms. The molecule has 0 fully saturated rings. The van der Waals surface area contributed by atoms with Crippen LogP contribution in [0.1, 0.15) is 6.42 Å². The van der Waals surface area contributed by atoms with E-state index in [1.807, 2.05) is 50.3 Å². The largest absolute Gasteiger partial charge is 0.481 e. The van der Waals surface area contributed by atoms with Gasteiger partial charge in [0.05, 0.1) is 23.2 Å². The SMILES string of the molecule is CNC1(CCN(C)C)NC(OC)=C(Nc2nccc(-c3nn(C)c4ccccc34)n2)C=C1[N+](=O)[O-]. The molecule has 35 heavy (non-hydrogen) atoms. The number of aryl methyl sites for hydroxylation is 1. The van der Waals surface area contributed by atoms with Crippen molar-refractivity contribution in [1.82, 2.24) is 35.3 Å². The van der Waals surface area contributed by atoms with Crippen LogP contribution in [0.25, 0.3) is 22.3 Å². The first-order valence-corrected chi connectivity index (χ1v) is 11.1. The number of rotatable bonds is 9. The summed E-state index contributed by atoms with van der Waals surface area (Å²) in [6, 6.07) is 9.66. The van der Waals surface area contributed by atoms with E-state index in [2.05, 4.69) is 31.0 Å². The van der Waals surface area contributed by atoms with Gasteiger partial charge in [-0.25, -0.2) is 9.97 Å². The van der Waals surface area contributed by atoms with Crippen LogP contribution in [-0.2, 0) is 11.8 Å². The monoisotopic (exact) mass is 479 g/mol. The Labute approximate surface area is 202 Å². The summed E-state index contributed by atoms with van der Waals surface area (Å²) in [5.74, 6) is 0.591. The molecule has 1 aromatic carbocycles. The molecule has 3 N–H and O–H groups in total. The van der Waals surface area contributed by atoms with E-state index in [0.29, 0.717) is 30.2 Å². The van der Waals surface area contributed by atoms with Crippen molar-refractivity contribution in [2.75, 3.05) is 40.1 Å². The molecule has 2 aromatic heterocycles. The van der Waals surface area contributed by atoms with Crippen LogP contribution in [0.5, 0.6) is 0 Å². The number of fused-ring (bicyclic) bond motifs is 1. The number of ether oxygens (including phenoxy) is 1. The van der Waals surface area contributed by atoms with E-state index in [0.717, 1.165) is 16.6 Å². The van der Waals surface area contributed by atoms with Gasteiger partial charge in [0, 0.05) is 37.7 Å². The smallest absolute Gasteiger partial charge is 0.288 e. The lowest BCUT2D eigenvalue weighted by Crippen LogP contribution is -2.61. The van der Waals surface area contributed by atoms with Gasteiger partial charge in [-0.2, -0.15) is 5.10 Å². The number of likely N-dealkylation sites (N-methyl/N-ethyl adjacent to an activating group) is 1. The van der Waals surface area contributed by atoms with Crippen molar-refractivity contribution in [3.8, 4) is 11.4 Å². The molecule has 0 radical (unpaired) electrons. The molecule has 184 valence electrons. The van der Waals surface area contributed by atoms with E-state index in [9.17, 15) is 10.1 Å². The highest BCUT2D eigenvalue weighted by Crippen LogP contribution is 2.30. The van der Waals surface area contributed by atoms with Crippen LogP contribution in [0.2, 0.25) is 0 Å². The van der Waals surface area contributed by atoms with Crippen molar-refractivity contribution in [3.05, 3.63) is 70.0 Å². The molecule has 3 heterocycles. The lowest BCUT2D eigenvalue weighted by atomic mass is 9.97. The molecule has 0 saturated heterocycles. The zero-order valence-electron chi connectivity index (χ0n) is 20.4. The standard InChI is InChI=1S/C23H29N9O3/c1-24-23(11-13-30(2)3)19(32(33)34)14-17(21(28-23)35-5)27-22-25-12-10-16(26-22)20-15-8-6-7-9-18(15)31(4)29-20/h6-10,12,14,24,28H,11,13H2,1-5H3,(H,25,26,27). The number of allylic oxidation sites excluding steroid dienone is 1.